The van der Waals surface area contributed by atoms with Gasteiger partial charge in [0.15, 0.2) is 11.6 Å². The maximum Gasteiger partial charge on any atom is 0.185 e. The van der Waals surface area contributed by atoms with Crippen LogP contribution in [-0.2, 0) is 9.59 Å². The molecule has 0 radical (unpaired) electrons. The molecule has 0 saturated heterocycles. The highest BCUT2D eigenvalue weighted by Gasteiger charge is 2.26. The van der Waals surface area contributed by atoms with Gasteiger partial charge in [-0.25, -0.2) is 0 Å². The molecule has 0 heterocycles. The van der Waals surface area contributed by atoms with Crippen molar-refractivity contribution in [3.05, 3.63) is 33.9 Å². The first-order valence-corrected chi connectivity index (χ1v) is 12.7. The highest BCUT2D eigenvalue weighted by atomic mass is 16.1. The fraction of sp³-hybridized carbons (Fsp3) is 0.724. The van der Waals surface area contributed by atoms with E-state index in [1.165, 1.54) is 56.9 Å². The maximum absolute atomic E-state index is 12.5. The van der Waals surface area contributed by atoms with Crippen molar-refractivity contribution in [1.29, 1.82) is 0 Å². The summed E-state index contributed by atoms with van der Waals surface area (Å²) in [4.78, 5) is 24.8. The fourth-order valence-electron chi connectivity index (χ4n) is 4.49. The van der Waals surface area contributed by atoms with Crippen molar-refractivity contribution in [2.45, 2.75) is 120 Å². The molecule has 0 spiro atoms. The Balaban J connectivity index is 2.30. The first-order chi connectivity index (χ1) is 14.5. The van der Waals surface area contributed by atoms with Crippen LogP contribution in [0.15, 0.2) is 33.9 Å². The molecule has 2 atom stereocenters. The Hall–Kier alpha value is -1.44. The highest BCUT2D eigenvalue weighted by Crippen LogP contribution is 2.27. The smallest absolute Gasteiger partial charge is 0.185 e. The van der Waals surface area contributed by atoms with E-state index in [-0.39, 0.29) is 11.6 Å². The number of allylic oxidation sites excluding steroid dienone is 6. The molecule has 0 amide bonds. The van der Waals surface area contributed by atoms with Crippen LogP contribution in [0.25, 0.3) is 0 Å². The van der Waals surface area contributed by atoms with Gasteiger partial charge in [-0.15, -0.1) is 0 Å². The molecule has 0 unspecified atom stereocenters. The third-order valence-corrected chi connectivity index (χ3v) is 7.11. The van der Waals surface area contributed by atoms with Gasteiger partial charge >= 0.3 is 0 Å². The van der Waals surface area contributed by atoms with Crippen LogP contribution in [0.4, 0.5) is 0 Å². The number of carbonyl (C=O) groups is 2. The zero-order valence-electron chi connectivity index (χ0n) is 21.7. The van der Waals surface area contributed by atoms with E-state index in [9.17, 15) is 9.59 Å². The van der Waals surface area contributed by atoms with Crippen LogP contribution in [0.2, 0.25) is 0 Å². The summed E-state index contributed by atoms with van der Waals surface area (Å²) in [5, 5.41) is 0. The monoisotopic (exact) mass is 428 g/mol. The van der Waals surface area contributed by atoms with Crippen LogP contribution in [0.3, 0.4) is 0 Å². The summed E-state index contributed by atoms with van der Waals surface area (Å²) in [5.74, 6) is 2.56. The second kappa shape index (κ2) is 13.9. The third kappa shape index (κ3) is 9.71. The predicted molar refractivity (Wildman–Crippen MR) is 134 cm³/mol. The van der Waals surface area contributed by atoms with Crippen molar-refractivity contribution in [2.24, 2.45) is 17.8 Å². The highest BCUT2D eigenvalue weighted by molar-refractivity contribution is 6.24. The van der Waals surface area contributed by atoms with Gasteiger partial charge < -0.3 is 0 Å². The van der Waals surface area contributed by atoms with Crippen molar-refractivity contribution in [2.75, 3.05) is 0 Å². The van der Waals surface area contributed by atoms with E-state index in [0.29, 0.717) is 28.7 Å². The number of hydrogen-bond donors (Lipinski definition) is 0. The lowest BCUT2D eigenvalue weighted by molar-refractivity contribution is -0.116. The Morgan fingerprint density at radius 1 is 0.710 bits per heavy atom. The number of rotatable bonds is 14. The Labute approximate surface area is 192 Å². The van der Waals surface area contributed by atoms with Crippen molar-refractivity contribution >= 4 is 11.6 Å². The first kappa shape index (κ1) is 27.6. The van der Waals surface area contributed by atoms with E-state index in [4.69, 9.17) is 0 Å². The summed E-state index contributed by atoms with van der Waals surface area (Å²) in [6, 6.07) is 0. The summed E-state index contributed by atoms with van der Waals surface area (Å²) in [5.41, 5.74) is 3.86. The summed E-state index contributed by atoms with van der Waals surface area (Å²) in [6.07, 6.45) is 14.5. The lowest BCUT2D eigenvalue weighted by Gasteiger charge is -2.18. The average Bonchev–Trinajstić information content (AvgIpc) is 2.70. The summed E-state index contributed by atoms with van der Waals surface area (Å²) < 4.78 is 0. The zero-order chi connectivity index (χ0) is 23.6. The van der Waals surface area contributed by atoms with Crippen LogP contribution in [-0.4, -0.2) is 11.6 Å². The van der Waals surface area contributed by atoms with E-state index in [0.717, 1.165) is 24.2 Å². The molecular formula is C29H48O2. The predicted octanol–water partition coefficient (Wildman–Crippen LogP) is 8.57. The lowest BCUT2D eigenvalue weighted by atomic mass is 9.84. The average molecular weight is 429 g/mol. The van der Waals surface area contributed by atoms with Gasteiger partial charge in [0.05, 0.1) is 0 Å². The summed E-state index contributed by atoms with van der Waals surface area (Å²) >= 11 is 0. The standard InChI is InChI=1S/C29H48O2/c1-20(2)12-9-13-21(3)14-10-15-22(4)16-11-17-23(5)18-19-27-26(8)28(30)24(6)25(7)29(27)31/h18,20-22H,9-17,19H2,1-8H3/b23-18+/t21-,22-/m1/s1. The quantitative estimate of drug-likeness (QED) is 0.205. The molecule has 1 aliphatic carbocycles. The number of hydrogen-bond acceptors (Lipinski definition) is 2. The van der Waals surface area contributed by atoms with Crippen molar-refractivity contribution in [3.63, 3.8) is 0 Å². The first-order valence-electron chi connectivity index (χ1n) is 12.7. The van der Waals surface area contributed by atoms with Crippen molar-refractivity contribution in [1.82, 2.24) is 0 Å². The second-order valence-corrected chi connectivity index (χ2v) is 10.6. The molecule has 0 saturated carbocycles. The van der Waals surface area contributed by atoms with E-state index in [1.807, 2.05) is 0 Å². The topological polar surface area (TPSA) is 34.1 Å². The Kier molecular flexibility index (Phi) is 12.3. The minimum atomic E-state index is 0.0289. The fourth-order valence-corrected chi connectivity index (χ4v) is 4.49. The van der Waals surface area contributed by atoms with Crippen LogP contribution >= 0.6 is 0 Å². The third-order valence-electron chi connectivity index (χ3n) is 7.11. The number of Topliss-reactive ketones (excluding diaryl/α,β-unsaturated/α-hetero) is 2. The zero-order valence-corrected chi connectivity index (χ0v) is 21.7. The summed E-state index contributed by atoms with van der Waals surface area (Å²) in [7, 11) is 0. The Morgan fingerprint density at radius 3 is 1.74 bits per heavy atom. The minimum Gasteiger partial charge on any atom is -0.289 e. The van der Waals surface area contributed by atoms with Crippen molar-refractivity contribution in [3.8, 4) is 0 Å². The molecule has 0 aromatic rings. The number of ketones is 2. The van der Waals surface area contributed by atoms with Gasteiger partial charge in [-0.3, -0.25) is 9.59 Å². The van der Waals surface area contributed by atoms with Crippen LogP contribution in [0.1, 0.15) is 120 Å². The van der Waals surface area contributed by atoms with E-state index in [2.05, 4.69) is 40.7 Å². The van der Waals surface area contributed by atoms with Gasteiger partial charge in [-0.05, 0) is 64.7 Å². The van der Waals surface area contributed by atoms with Crippen molar-refractivity contribution < 1.29 is 9.59 Å². The molecule has 31 heavy (non-hydrogen) atoms. The minimum absolute atomic E-state index is 0.0289. The molecule has 2 heteroatoms. The maximum atomic E-state index is 12.5. The molecule has 0 aromatic heterocycles. The molecule has 0 fully saturated rings. The van der Waals surface area contributed by atoms with Gasteiger partial charge in [0, 0.05) is 22.3 Å². The summed E-state index contributed by atoms with van der Waals surface area (Å²) in [6.45, 7) is 16.9. The van der Waals surface area contributed by atoms with Crippen LogP contribution in [0.5, 0.6) is 0 Å². The molecule has 1 rings (SSSR count). The molecular weight excluding hydrogens is 380 g/mol. The Morgan fingerprint density at radius 2 is 1.19 bits per heavy atom. The van der Waals surface area contributed by atoms with Gasteiger partial charge in [0.2, 0.25) is 0 Å². The lowest BCUT2D eigenvalue weighted by Crippen LogP contribution is -2.20. The molecule has 176 valence electrons. The molecule has 1 aliphatic rings. The normalized spacial score (nSPS) is 17.8. The molecule has 2 nitrogen and oxygen atoms in total. The van der Waals surface area contributed by atoms with E-state index >= 15 is 0 Å². The molecule has 0 bridgehead atoms. The van der Waals surface area contributed by atoms with E-state index in [1.54, 1.807) is 20.8 Å². The van der Waals surface area contributed by atoms with Gasteiger partial charge in [-0.2, -0.15) is 0 Å². The van der Waals surface area contributed by atoms with Crippen LogP contribution < -0.4 is 0 Å². The SMILES string of the molecule is CC1=C(C)C(=O)C(C/C=C(\C)CCC[C@H](C)CCC[C@H](C)CCCC(C)C)=C(C)C1=O. The second-order valence-electron chi connectivity index (χ2n) is 10.6. The number of carbonyl (C=O) groups excluding carboxylic acids is 2. The van der Waals surface area contributed by atoms with Gasteiger partial charge in [-0.1, -0.05) is 84.3 Å². The molecule has 0 N–H and O–H groups in total. The Bertz CT molecular complexity index is 702. The van der Waals surface area contributed by atoms with Gasteiger partial charge in [0.25, 0.3) is 0 Å². The van der Waals surface area contributed by atoms with Gasteiger partial charge in [0.1, 0.15) is 0 Å². The largest absolute Gasteiger partial charge is 0.289 e. The molecule has 0 aliphatic heterocycles. The van der Waals surface area contributed by atoms with E-state index < -0.39 is 0 Å². The molecule has 0 aromatic carbocycles. The van der Waals surface area contributed by atoms with Crippen LogP contribution in [0, 0.1) is 17.8 Å².